The summed E-state index contributed by atoms with van der Waals surface area (Å²) in [6.07, 6.45) is 1.84. The van der Waals surface area contributed by atoms with E-state index in [0.29, 0.717) is 12.5 Å². The minimum atomic E-state index is -0.142. The van der Waals surface area contributed by atoms with Crippen LogP contribution in [-0.4, -0.2) is 16.2 Å². The van der Waals surface area contributed by atoms with Gasteiger partial charge in [0.25, 0.3) is 0 Å². The molecule has 4 aromatic rings. The number of rotatable bonds is 10. The highest BCUT2D eigenvalue weighted by Gasteiger charge is 2.18. The molecule has 1 aromatic heterocycles. The maximum atomic E-state index is 6.19. The van der Waals surface area contributed by atoms with Gasteiger partial charge in [0.15, 0.2) is 11.9 Å². The maximum absolute atomic E-state index is 6.19. The number of aromatic nitrogens is 2. The molecule has 0 aliphatic rings. The quantitative estimate of drug-likeness (QED) is 0.239. The van der Waals surface area contributed by atoms with Gasteiger partial charge in [-0.2, -0.15) is 0 Å². The SMILES string of the molecule is Cc1ccc(C(C)C)c(OCCCCn2c(C(C)Oc3ccccc3)nc3ccccc32)c1. The monoisotopic (exact) mass is 442 g/mol. The molecule has 0 aliphatic carbocycles. The molecule has 1 unspecified atom stereocenters. The zero-order valence-electron chi connectivity index (χ0n) is 20.1. The predicted molar refractivity (Wildman–Crippen MR) is 135 cm³/mol. The van der Waals surface area contributed by atoms with Crippen LogP contribution in [0.1, 0.15) is 62.6 Å². The van der Waals surface area contributed by atoms with Crippen molar-refractivity contribution >= 4 is 11.0 Å². The van der Waals surface area contributed by atoms with Crippen LogP contribution in [-0.2, 0) is 6.54 Å². The zero-order valence-corrected chi connectivity index (χ0v) is 20.1. The van der Waals surface area contributed by atoms with Gasteiger partial charge in [0.05, 0.1) is 17.6 Å². The number of nitrogens with zero attached hydrogens (tertiary/aromatic N) is 2. The molecule has 3 aromatic carbocycles. The first-order valence-corrected chi connectivity index (χ1v) is 11.9. The third kappa shape index (κ3) is 5.57. The van der Waals surface area contributed by atoms with Gasteiger partial charge < -0.3 is 14.0 Å². The Labute approximate surface area is 197 Å². The third-order valence-electron chi connectivity index (χ3n) is 5.93. The van der Waals surface area contributed by atoms with E-state index in [0.717, 1.165) is 47.7 Å². The average molecular weight is 443 g/mol. The van der Waals surface area contributed by atoms with Crippen molar-refractivity contribution in [2.75, 3.05) is 6.61 Å². The molecule has 4 nitrogen and oxygen atoms in total. The van der Waals surface area contributed by atoms with Crippen molar-refractivity contribution in [2.45, 2.75) is 59.1 Å². The second-order valence-corrected chi connectivity index (χ2v) is 8.94. The van der Waals surface area contributed by atoms with Crippen molar-refractivity contribution in [3.8, 4) is 11.5 Å². The normalized spacial score (nSPS) is 12.3. The van der Waals surface area contributed by atoms with Gasteiger partial charge in [0, 0.05) is 6.54 Å². The van der Waals surface area contributed by atoms with Crippen LogP contribution < -0.4 is 9.47 Å². The predicted octanol–water partition coefficient (Wildman–Crippen LogP) is 7.47. The van der Waals surface area contributed by atoms with Gasteiger partial charge in [0.1, 0.15) is 11.5 Å². The molecule has 0 spiro atoms. The number of unbranched alkanes of at least 4 members (excludes halogenated alkanes) is 1. The van der Waals surface area contributed by atoms with E-state index in [-0.39, 0.29) is 6.10 Å². The van der Waals surface area contributed by atoms with Crippen molar-refractivity contribution < 1.29 is 9.47 Å². The Hall–Kier alpha value is -3.27. The molecule has 0 saturated carbocycles. The molecule has 4 heteroatoms. The summed E-state index contributed by atoms with van der Waals surface area (Å²) in [5, 5.41) is 0. The molecule has 0 saturated heterocycles. The highest BCUT2D eigenvalue weighted by molar-refractivity contribution is 5.76. The smallest absolute Gasteiger partial charge is 0.153 e. The maximum Gasteiger partial charge on any atom is 0.153 e. The second kappa shape index (κ2) is 10.6. The van der Waals surface area contributed by atoms with Crippen molar-refractivity contribution in [1.29, 1.82) is 0 Å². The average Bonchev–Trinajstić information content (AvgIpc) is 3.18. The largest absolute Gasteiger partial charge is 0.493 e. The summed E-state index contributed by atoms with van der Waals surface area (Å²) in [7, 11) is 0. The standard InChI is InChI=1S/C29H34N2O2/c1-21(2)25-17-16-22(3)20-28(25)32-19-11-10-18-31-27-15-9-8-14-26(27)30-29(31)23(4)33-24-12-6-5-7-13-24/h5-9,12-17,20-21,23H,10-11,18-19H2,1-4H3. The van der Waals surface area contributed by atoms with E-state index in [1.807, 2.05) is 36.4 Å². The molecule has 33 heavy (non-hydrogen) atoms. The molecule has 0 amide bonds. The lowest BCUT2D eigenvalue weighted by atomic mass is 10.0. The van der Waals surface area contributed by atoms with E-state index < -0.39 is 0 Å². The molecular weight excluding hydrogens is 408 g/mol. The van der Waals surface area contributed by atoms with Crippen LogP contribution in [0.3, 0.4) is 0 Å². The number of hydrogen-bond acceptors (Lipinski definition) is 3. The molecule has 4 rings (SSSR count). The van der Waals surface area contributed by atoms with Crippen LogP contribution in [0.5, 0.6) is 11.5 Å². The Bertz CT molecular complexity index is 1180. The fourth-order valence-electron chi connectivity index (χ4n) is 4.19. The van der Waals surface area contributed by atoms with Gasteiger partial charge in [-0.3, -0.25) is 0 Å². The summed E-state index contributed by atoms with van der Waals surface area (Å²) in [5.74, 6) is 3.29. The highest BCUT2D eigenvalue weighted by atomic mass is 16.5. The van der Waals surface area contributed by atoms with Gasteiger partial charge in [-0.15, -0.1) is 0 Å². The summed E-state index contributed by atoms with van der Waals surface area (Å²) in [6.45, 7) is 10.2. The number of para-hydroxylation sites is 3. The van der Waals surface area contributed by atoms with Gasteiger partial charge >= 0.3 is 0 Å². The fourth-order valence-corrected chi connectivity index (χ4v) is 4.19. The second-order valence-electron chi connectivity index (χ2n) is 8.94. The third-order valence-corrected chi connectivity index (χ3v) is 5.93. The summed E-state index contributed by atoms with van der Waals surface area (Å²) in [6, 6.07) is 24.8. The number of aryl methyl sites for hydroxylation is 2. The van der Waals surface area contributed by atoms with E-state index in [1.165, 1.54) is 11.1 Å². The summed E-state index contributed by atoms with van der Waals surface area (Å²) in [5.41, 5.74) is 4.66. The van der Waals surface area contributed by atoms with Crippen molar-refractivity contribution in [2.24, 2.45) is 0 Å². The molecular formula is C29H34N2O2. The minimum absolute atomic E-state index is 0.142. The summed E-state index contributed by atoms with van der Waals surface area (Å²) >= 11 is 0. The Morgan fingerprint density at radius 1 is 0.879 bits per heavy atom. The van der Waals surface area contributed by atoms with E-state index in [9.17, 15) is 0 Å². The molecule has 0 bridgehead atoms. The molecule has 0 aliphatic heterocycles. The number of ether oxygens (including phenoxy) is 2. The lowest BCUT2D eigenvalue weighted by Gasteiger charge is -2.17. The zero-order chi connectivity index (χ0) is 23.2. The van der Waals surface area contributed by atoms with Crippen LogP contribution in [0.2, 0.25) is 0 Å². The molecule has 0 radical (unpaired) electrons. The Morgan fingerprint density at radius 2 is 1.64 bits per heavy atom. The Kier molecular flexibility index (Phi) is 7.33. The van der Waals surface area contributed by atoms with Crippen molar-refractivity contribution in [1.82, 2.24) is 9.55 Å². The summed E-state index contributed by atoms with van der Waals surface area (Å²) in [4.78, 5) is 4.90. The fraction of sp³-hybridized carbons (Fsp3) is 0.345. The first-order valence-electron chi connectivity index (χ1n) is 11.9. The lowest BCUT2D eigenvalue weighted by molar-refractivity contribution is 0.211. The number of benzene rings is 3. The van der Waals surface area contributed by atoms with Crippen LogP contribution >= 0.6 is 0 Å². The first kappa shape index (κ1) is 22.9. The molecule has 1 heterocycles. The van der Waals surface area contributed by atoms with E-state index >= 15 is 0 Å². The molecule has 1 atom stereocenters. The van der Waals surface area contributed by atoms with Gasteiger partial charge in [-0.05, 0) is 74.1 Å². The van der Waals surface area contributed by atoms with Crippen LogP contribution in [0, 0.1) is 6.92 Å². The van der Waals surface area contributed by atoms with E-state index in [2.05, 4.69) is 68.7 Å². The number of fused-ring (bicyclic) bond motifs is 1. The van der Waals surface area contributed by atoms with E-state index in [4.69, 9.17) is 14.5 Å². The Morgan fingerprint density at radius 3 is 2.42 bits per heavy atom. The summed E-state index contributed by atoms with van der Waals surface area (Å²) < 4.78 is 14.7. The number of imidazole rings is 1. The van der Waals surface area contributed by atoms with Gasteiger partial charge in [0.2, 0.25) is 0 Å². The van der Waals surface area contributed by atoms with Crippen molar-refractivity contribution in [3.63, 3.8) is 0 Å². The van der Waals surface area contributed by atoms with Gasteiger partial charge in [-0.1, -0.05) is 56.3 Å². The van der Waals surface area contributed by atoms with Gasteiger partial charge in [-0.25, -0.2) is 4.98 Å². The Balaban J connectivity index is 1.42. The minimum Gasteiger partial charge on any atom is -0.493 e. The number of hydrogen-bond donors (Lipinski definition) is 0. The van der Waals surface area contributed by atoms with Crippen LogP contribution in [0.15, 0.2) is 72.8 Å². The molecule has 172 valence electrons. The first-order chi connectivity index (χ1) is 16.0. The highest BCUT2D eigenvalue weighted by Crippen LogP contribution is 2.28. The van der Waals surface area contributed by atoms with Crippen LogP contribution in [0.4, 0.5) is 0 Å². The van der Waals surface area contributed by atoms with Crippen molar-refractivity contribution in [3.05, 3.63) is 89.7 Å². The molecule has 0 fully saturated rings. The van der Waals surface area contributed by atoms with Crippen LogP contribution in [0.25, 0.3) is 11.0 Å². The topological polar surface area (TPSA) is 36.3 Å². The van der Waals surface area contributed by atoms with E-state index in [1.54, 1.807) is 0 Å². The molecule has 0 N–H and O–H groups in total. The lowest BCUT2D eigenvalue weighted by Crippen LogP contribution is -2.13.